The molecule has 0 aromatic heterocycles. The van der Waals surface area contributed by atoms with Crippen LogP contribution in [0.15, 0.2) is 12.1 Å². The Morgan fingerprint density at radius 2 is 1.83 bits per heavy atom. The van der Waals surface area contributed by atoms with Crippen molar-refractivity contribution in [3.8, 4) is 11.5 Å². The summed E-state index contributed by atoms with van der Waals surface area (Å²) in [6, 6.07) is 2.28. The molecule has 0 bridgehead atoms. The van der Waals surface area contributed by atoms with Crippen LogP contribution in [0.1, 0.15) is 12.5 Å². The first kappa shape index (κ1) is 13.4. The maximum atomic E-state index is 10.9. The number of nitrogens with zero attached hydrogens (tertiary/aromatic N) is 1. The molecule has 0 saturated carbocycles. The number of nitro groups is 1. The number of carbonyl (C=O) groups is 2. The molecule has 1 aromatic rings. The molecule has 0 amide bonds. The van der Waals surface area contributed by atoms with E-state index < -0.39 is 28.5 Å². The third kappa shape index (κ3) is 2.94. The number of carbonyl (C=O) groups excluding carboxylic acids is 1. The second-order valence-electron chi connectivity index (χ2n) is 3.25. The van der Waals surface area contributed by atoms with E-state index >= 15 is 0 Å². The van der Waals surface area contributed by atoms with Gasteiger partial charge in [-0.1, -0.05) is 0 Å². The molecule has 0 fully saturated rings. The van der Waals surface area contributed by atoms with Crippen LogP contribution in [0.3, 0.4) is 0 Å². The van der Waals surface area contributed by atoms with Crippen LogP contribution < -0.4 is 9.47 Å². The predicted molar refractivity (Wildman–Crippen MR) is 57.8 cm³/mol. The molecule has 0 atom stereocenters. The molecule has 0 heterocycles. The van der Waals surface area contributed by atoms with Gasteiger partial charge in [-0.3, -0.25) is 14.9 Å². The highest BCUT2D eigenvalue weighted by atomic mass is 16.7. The molecule has 0 spiro atoms. The molecular weight excluding hydrogens is 246 g/mol. The quantitative estimate of drug-likeness (QED) is 0.288. The first-order chi connectivity index (χ1) is 8.32. The number of carboxylic acid groups (broad SMARTS) is 1. The van der Waals surface area contributed by atoms with E-state index in [0.29, 0.717) is 0 Å². The lowest BCUT2D eigenvalue weighted by Gasteiger charge is -2.08. The van der Waals surface area contributed by atoms with Crippen LogP contribution in [0.2, 0.25) is 0 Å². The van der Waals surface area contributed by atoms with Crippen LogP contribution in [-0.2, 0) is 4.79 Å². The summed E-state index contributed by atoms with van der Waals surface area (Å²) < 4.78 is 9.03. The molecule has 0 aliphatic heterocycles. The lowest BCUT2D eigenvalue weighted by atomic mass is 10.1. The van der Waals surface area contributed by atoms with Crippen molar-refractivity contribution in [2.75, 3.05) is 0 Å². The van der Waals surface area contributed by atoms with Crippen LogP contribution in [0.25, 0.3) is 0 Å². The van der Waals surface area contributed by atoms with E-state index in [1.165, 1.54) is 13.0 Å². The van der Waals surface area contributed by atoms with Crippen molar-refractivity contribution in [3.63, 3.8) is 0 Å². The maximum Gasteiger partial charge on any atom is 0.511 e. The van der Waals surface area contributed by atoms with E-state index in [4.69, 9.17) is 9.84 Å². The monoisotopic (exact) mass is 255 g/mol. The first-order valence-corrected chi connectivity index (χ1v) is 4.70. The van der Waals surface area contributed by atoms with E-state index in [0.717, 1.165) is 13.0 Å². The minimum absolute atomic E-state index is 0.00829. The van der Waals surface area contributed by atoms with Crippen molar-refractivity contribution in [1.82, 2.24) is 0 Å². The fourth-order valence-corrected chi connectivity index (χ4v) is 1.33. The Kier molecular flexibility index (Phi) is 3.82. The van der Waals surface area contributed by atoms with Crippen LogP contribution in [0, 0.1) is 17.0 Å². The van der Waals surface area contributed by atoms with E-state index in [-0.39, 0.29) is 11.3 Å². The Bertz CT molecular complexity index is 523. The molecule has 8 heteroatoms. The minimum Gasteiger partial charge on any atom is -0.449 e. The second kappa shape index (κ2) is 5.13. The molecule has 0 saturated heterocycles. The summed E-state index contributed by atoms with van der Waals surface area (Å²) in [7, 11) is 0. The number of esters is 1. The van der Waals surface area contributed by atoms with Crippen LogP contribution >= 0.6 is 0 Å². The average molecular weight is 255 g/mol. The van der Waals surface area contributed by atoms with E-state index in [1.807, 2.05) is 0 Å². The van der Waals surface area contributed by atoms with Gasteiger partial charge in [-0.05, 0) is 19.1 Å². The van der Waals surface area contributed by atoms with Crippen molar-refractivity contribution < 1.29 is 29.1 Å². The summed E-state index contributed by atoms with van der Waals surface area (Å²) in [6.45, 7) is 2.47. The molecule has 1 N–H and O–H groups in total. The van der Waals surface area contributed by atoms with E-state index in [9.17, 15) is 19.7 Å². The highest BCUT2D eigenvalue weighted by molar-refractivity contribution is 5.72. The summed E-state index contributed by atoms with van der Waals surface area (Å²) in [5, 5.41) is 19.3. The summed E-state index contributed by atoms with van der Waals surface area (Å²) >= 11 is 0. The van der Waals surface area contributed by atoms with Gasteiger partial charge in [0, 0.05) is 6.92 Å². The molecule has 8 nitrogen and oxygen atoms in total. The zero-order valence-electron chi connectivity index (χ0n) is 9.50. The van der Waals surface area contributed by atoms with Gasteiger partial charge >= 0.3 is 17.8 Å². The van der Waals surface area contributed by atoms with Gasteiger partial charge in [0.05, 0.1) is 10.5 Å². The largest absolute Gasteiger partial charge is 0.511 e. The summed E-state index contributed by atoms with van der Waals surface area (Å²) in [5.74, 6) is -1.09. The molecule has 96 valence electrons. The number of rotatable bonds is 3. The SMILES string of the molecule is CC(=O)Oc1ccc(OC(=O)O)c([N+](=O)[O-])c1C. The molecule has 0 unspecified atom stereocenters. The first-order valence-electron chi connectivity index (χ1n) is 4.70. The molecule has 0 radical (unpaired) electrons. The molecule has 1 rings (SSSR count). The van der Waals surface area contributed by atoms with Gasteiger partial charge < -0.3 is 14.6 Å². The number of benzene rings is 1. The van der Waals surface area contributed by atoms with Crippen molar-refractivity contribution in [3.05, 3.63) is 27.8 Å². The van der Waals surface area contributed by atoms with Gasteiger partial charge in [0.2, 0.25) is 5.75 Å². The lowest BCUT2D eigenvalue weighted by molar-refractivity contribution is -0.386. The predicted octanol–water partition coefficient (Wildman–Crippen LogP) is 1.89. The zero-order chi connectivity index (χ0) is 13.9. The van der Waals surface area contributed by atoms with Crippen molar-refractivity contribution in [2.45, 2.75) is 13.8 Å². The zero-order valence-corrected chi connectivity index (χ0v) is 9.50. The highest BCUT2D eigenvalue weighted by Gasteiger charge is 2.24. The number of nitro benzene ring substituents is 1. The topological polar surface area (TPSA) is 116 Å². The van der Waals surface area contributed by atoms with Crippen molar-refractivity contribution in [2.24, 2.45) is 0 Å². The van der Waals surface area contributed by atoms with Gasteiger partial charge in [0.15, 0.2) is 0 Å². The fraction of sp³-hybridized carbons (Fsp3) is 0.200. The third-order valence-electron chi connectivity index (χ3n) is 1.98. The van der Waals surface area contributed by atoms with Crippen molar-refractivity contribution in [1.29, 1.82) is 0 Å². The molecule has 18 heavy (non-hydrogen) atoms. The fourth-order valence-electron chi connectivity index (χ4n) is 1.33. The van der Waals surface area contributed by atoms with Gasteiger partial charge in [-0.2, -0.15) is 0 Å². The van der Waals surface area contributed by atoms with E-state index in [2.05, 4.69) is 4.74 Å². The standard InChI is InChI=1S/C10H9NO7/c1-5-7(17-6(2)12)3-4-8(18-10(13)14)9(5)11(15)16/h3-4H,1-2H3,(H,13,14). The molecule has 0 aliphatic rings. The minimum atomic E-state index is -1.67. The summed E-state index contributed by atoms with van der Waals surface area (Å²) in [4.78, 5) is 31.2. The van der Waals surface area contributed by atoms with Crippen molar-refractivity contribution >= 4 is 17.8 Å². The van der Waals surface area contributed by atoms with Crippen LogP contribution in [0.4, 0.5) is 10.5 Å². The van der Waals surface area contributed by atoms with Crippen LogP contribution in [-0.4, -0.2) is 22.2 Å². The van der Waals surface area contributed by atoms with Gasteiger partial charge in [0.1, 0.15) is 5.75 Å². The van der Waals surface area contributed by atoms with Gasteiger partial charge in [0.25, 0.3) is 0 Å². The Hall–Kier alpha value is -2.64. The number of hydrogen-bond acceptors (Lipinski definition) is 6. The second-order valence-corrected chi connectivity index (χ2v) is 3.25. The average Bonchev–Trinajstić information content (AvgIpc) is 2.20. The lowest BCUT2D eigenvalue weighted by Crippen LogP contribution is -2.08. The Morgan fingerprint density at radius 1 is 1.28 bits per heavy atom. The Morgan fingerprint density at radius 3 is 2.28 bits per heavy atom. The number of hydrogen-bond donors (Lipinski definition) is 1. The summed E-state index contributed by atoms with van der Waals surface area (Å²) in [6.07, 6.45) is -1.67. The third-order valence-corrected chi connectivity index (χ3v) is 1.98. The highest BCUT2D eigenvalue weighted by Crippen LogP contribution is 2.36. The maximum absolute atomic E-state index is 10.9. The smallest absolute Gasteiger partial charge is 0.449 e. The van der Waals surface area contributed by atoms with E-state index in [1.54, 1.807) is 0 Å². The molecule has 0 aliphatic carbocycles. The molecule has 1 aromatic carbocycles. The van der Waals surface area contributed by atoms with Gasteiger partial charge in [-0.25, -0.2) is 4.79 Å². The number of ether oxygens (including phenoxy) is 2. The molecular formula is C10H9NO7. The normalized spacial score (nSPS) is 9.67. The summed E-state index contributed by atoms with van der Waals surface area (Å²) in [5.41, 5.74) is -0.551. The Balaban J connectivity index is 3.32. The van der Waals surface area contributed by atoms with Gasteiger partial charge in [-0.15, -0.1) is 0 Å². The van der Waals surface area contributed by atoms with Crippen LogP contribution in [0.5, 0.6) is 11.5 Å². The Labute approximate surface area is 101 Å².